The lowest BCUT2D eigenvalue weighted by molar-refractivity contribution is -0.132. The van der Waals surface area contributed by atoms with Gasteiger partial charge < -0.3 is 19.3 Å². The van der Waals surface area contributed by atoms with Crippen LogP contribution in [0.4, 0.5) is 5.69 Å². The molecule has 7 nitrogen and oxygen atoms in total. The number of benzene rings is 3. The fourth-order valence-corrected chi connectivity index (χ4v) is 4.45. The van der Waals surface area contributed by atoms with Crippen LogP contribution in [0.3, 0.4) is 0 Å². The molecule has 1 unspecified atom stereocenters. The van der Waals surface area contributed by atoms with Gasteiger partial charge in [-0.3, -0.25) is 14.5 Å². The van der Waals surface area contributed by atoms with Gasteiger partial charge in [0, 0.05) is 11.3 Å². The second kappa shape index (κ2) is 11.4. The molecular formula is C29H28ClNO6. The van der Waals surface area contributed by atoms with E-state index in [0.29, 0.717) is 41.7 Å². The van der Waals surface area contributed by atoms with Gasteiger partial charge >= 0.3 is 0 Å². The van der Waals surface area contributed by atoms with E-state index in [1.54, 1.807) is 73.8 Å². The summed E-state index contributed by atoms with van der Waals surface area (Å²) in [6.07, 6.45) is 0.823. The molecule has 0 radical (unpaired) electrons. The van der Waals surface area contributed by atoms with Gasteiger partial charge in [0.1, 0.15) is 23.0 Å². The quantitative estimate of drug-likeness (QED) is 0.206. The summed E-state index contributed by atoms with van der Waals surface area (Å²) in [5.74, 6) is -0.303. The van der Waals surface area contributed by atoms with Gasteiger partial charge in [0.15, 0.2) is 0 Å². The first-order valence-corrected chi connectivity index (χ1v) is 12.4. The molecule has 0 bridgehead atoms. The number of hydrogen-bond acceptors (Lipinski definition) is 6. The van der Waals surface area contributed by atoms with Gasteiger partial charge in [-0.05, 0) is 73.5 Å². The Bertz CT molecular complexity index is 1330. The average molecular weight is 522 g/mol. The van der Waals surface area contributed by atoms with Crippen LogP contribution in [0, 0.1) is 0 Å². The molecular weight excluding hydrogens is 494 g/mol. The van der Waals surface area contributed by atoms with Crippen LogP contribution < -0.4 is 19.1 Å². The molecule has 1 atom stereocenters. The lowest BCUT2D eigenvalue weighted by Gasteiger charge is -2.26. The number of amides is 1. The van der Waals surface area contributed by atoms with Crippen LogP contribution in [0.25, 0.3) is 5.76 Å². The van der Waals surface area contributed by atoms with E-state index in [1.165, 1.54) is 4.90 Å². The van der Waals surface area contributed by atoms with E-state index in [9.17, 15) is 14.7 Å². The lowest BCUT2D eigenvalue weighted by Crippen LogP contribution is -2.29. The maximum Gasteiger partial charge on any atom is 0.300 e. The van der Waals surface area contributed by atoms with Crippen molar-refractivity contribution in [3.05, 3.63) is 88.5 Å². The van der Waals surface area contributed by atoms with Crippen molar-refractivity contribution in [1.29, 1.82) is 0 Å². The molecule has 1 aliphatic heterocycles. The molecule has 4 rings (SSSR count). The number of rotatable bonds is 9. The summed E-state index contributed by atoms with van der Waals surface area (Å²) in [5.41, 5.74) is 1.19. The molecule has 37 heavy (non-hydrogen) atoms. The predicted octanol–water partition coefficient (Wildman–Crippen LogP) is 6.16. The minimum Gasteiger partial charge on any atom is -0.507 e. The molecule has 8 heteroatoms. The highest BCUT2D eigenvalue weighted by molar-refractivity contribution is 6.52. The summed E-state index contributed by atoms with van der Waals surface area (Å²) in [4.78, 5) is 28.2. The molecule has 1 aliphatic rings. The number of nitrogens with zero attached hydrogens (tertiary/aromatic N) is 1. The zero-order chi connectivity index (χ0) is 26.5. The molecule has 0 spiro atoms. The van der Waals surface area contributed by atoms with Gasteiger partial charge in [0.2, 0.25) is 0 Å². The van der Waals surface area contributed by atoms with Crippen molar-refractivity contribution < 1.29 is 28.9 Å². The number of Topliss-reactive ketones (excluding diaryl/α,β-unsaturated/α-hetero) is 1. The van der Waals surface area contributed by atoms with Crippen LogP contribution in [0.15, 0.2) is 72.3 Å². The second-order valence-corrected chi connectivity index (χ2v) is 8.77. The Morgan fingerprint density at radius 1 is 0.946 bits per heavy atom. The Morgan fingerprint density at radius 2 is 1.65 bits per heavy atom. The van der Waals surface area contributed by atoms with Crippen LogP contribution in [-0.2, 0) is 9.59 Å². The molecule has 3 aromatic carbocycles. The summed E-state index contributed by atoms with van der Waals surface area (Å²) in [6.45, 7) is 4.76. The van der Waals surface area contributed by atoms with Crippen LogP contribution in [-0.4, -0.2) is 37.1 Å². The molecule has 1 saturated heterocycles. The molecule has 1 fully saturated rings. The number of carbonyl (C=O) groups excluding carboxylic acids is 2. The van der Waals surface area contributed by atoms with Crippen molar-refractivity contribution in [1.82, 2.24) is 0 Å². The largest absolute Gasteiger partial charge is 0.507 e. The van der Waals surface area contributed by atoms with Gasteiger partial charge in [-0.25, -0.2) is 0 Å². The normalized spacial score (nSPS) is 16.6. The Morgan fingerprint density at radius 3 is 2.32 bits per heavy atom. The van der Waals surface area contributed by atoms with Gasteiger partial charge in [0.25, 0.3) is 11.7 Å². The Balaban J connectivity index is 1.92. The second-order valence-electron chi connectivity index (χ2n) is 8.36. The third kappa shape index (κ3) is 5.27. The summed E-state index contributed by atoms with van der Waals surface area (Å²) in [7, 11) is 1.54. The Hall–Kier alpha value is -3.97. The van der Waals surface area contributed by atoms with Gasteiger partial charge in [-0.1, -0.05) is 30.7 Å². The zero-order valence-electron chi connectivity index (χ0n) is 20.9. The smallest absolute Gasteiger partial charge is 0.300 e. The maximum atomic E-state index is 13.5. The van der Waals surface area contributed by atoms with Crippen LogP contribution >= 0.6 is 11.6 Å². The van der Waals surface area contributed by atoms with E-state index < -0.39 is 17.7 Å². The van der Waals surface area contributed by atoms with Crippen molar-refractivity contribution in [2.24, 2.45) is 0 Å². The van der Waals surface area contributed by atoms with Crippen molar-refractivity contribution in [3.63, 3.8) is 0 Å². The first kappa shape index (κ1) is 26.1. The third-order valence-electron chi connectivity index (χ3n) is 5.95. The number of aliphatic hydroxyl groups excluding tert-OH is 1. The minimum absolute atomic E-state index is 0.0796. The predicted molar refractivity (Wildman–Crippen MR) is 143 cm³/mol. The Kier molecular flexibility index (Phi) is 8.04. The van der Waals surface area contributed by atoms with E-state index in [2.05, 4.69) is 0 Å². The van der Waals surface area contributed by atoms with Crippen molar-refractivity contribution in [2.45, 2.75) is 26.3 Å². The number of aliphatic hydroxyl groups is 1. The van der Waals surface area contributed by atoms with E-state index in [4.69, 9.17) is 25.8 Å². The van der Waals surface area contributed by atoms with Crippen LogP contribution in [0.5, 0.6) is 17.2 Å². The number of methoxy groups -OCH3 is 1. The topological polar surface area (TPSA) is 85.3 Å². The standard InChI is InChI=1S/C29H28ClNO6/c1-4-15-37-21-8-6-7-18(16-21)26-25(27(32)23-17-22(36-5-2)13-14-24(23)30)28(33)29(34)31(26)19-9-11-20(35-3)12-10-19/h6-14,16-17,26,32H,4-5,15H2,1-3H3/b27-25+. The molecule has 0 saturated carbocycles. The Labute approximate surface area is 220 Å². The number of halogens is 1. The maximum absolute atomic E-state index is 13.5. The molecule has 1 amide bonds. The summed E-state index contributed by atoms with van der Waals surface area (Å²) in [5, 5.41) is 11.7. The van der Waals surface area contributed by atoms with Gasteiger partial charge in [0.05, 0.1) is 37.0 Å². The first-order chi connectivity index (χ1) is 17.9. The van der Waals surface area contributed by atoms with E-state index >= 15 is 0 Å². The summed E-state index contributed by atoms with van der Waals surface area (Å²) >= 11 is 6.42. The third-order valence-corrected chi connectivity index (χ3v) is 6.28. The molecule has 192 valence electrons. The number of anilines is 1. The number of ether oxygens (including phenoxy) is 3. The molecule has 1 heterocycles. The number of hydrogen-bond donors (Lipinski definition) is 1. The van der Waals surface area contributed by atoms with Crippen LogP contribution in [0.2, 0.25) is 5.02 Å². The summed E-state index contributed by atoms with van der Waals surface area (Å²) in [6, 6.07) is 17.8. The lowest BCUT2D eigenvalue weighted by atomic mass is 9.95. The SMILES string of the molecule is CCCOc1cccc(C2/C(=C(\O)c3cc(OCC)ccc3Cl)C(=O)C(=O)N2c2ccc(OC)cc2)c1. The minimum atomic E-state index is -0.926. The van der Waals surface area contributed by atoms with E-state index in [-0.39, 0.29) is 21.9 Å². The van der Waals surface area contributed by atoms with E-state index in [0.717, 1.165) is 6.42 Å². The van der Waals surface area contributed by atoms with E-state index in [1.807, 2.05) is 13.8 Å². The monoisotopic (exact) mass is 521 g/mol. The average Bonchev–Trinajstić information content (AvgIpc) is 3.18. The fourth-order valence-electron chi connectivity index (χ4n) is 4.24. The highest BCUT2D eigenvalue weighted by Gasteiger charge is 2.47. The molecule has 1 N–H and O–H groups in total. The summed E-state index contributed by atoms with van der Waals surface area (Å²) < 4.78 is 16.6. The molecule has 3 aromatic rings. The molecule has 0 aromatic heterocycles. The van der Waals surface area contributed by atoms with Gasteiger partial charge in [-0.2, -0.15) is 0 Å². The zero-order valence-corrected chi connectivity index (χ0v) is 21.6. The highest BCUT2D eigenvalue weighted by atomic mass is 35.5. The van der Waals surface area contributed by atoms with Gasteiger partial charge in [-0.15, -0.1) is 0 Å². The molecule has 0 aliphatic carbocycles. The number of ketones is 1. The fraction of sp³-hybridized carbons (Fsp3) is 0.241. The number of carbonyl (C=O) groups is 2. The van der Waals surface area contributed by atoms with Crippen molar-refractivity contribution in [3.8, 4) is 17.2 Å². The van der Waals surface area contributed by atoms with Crippen molar-refractivity contribution in [2.75, 3.05) is 25.2 Å². The highest BCUT2D eigenvalue weighted by Crippen LogP contribution is 2.44. The first-order valence-electron chi connectivity index (χ1n) is 12.0. The van der Waals surface area contributed by atoms with Crippen molar-refractivity contribution >= 4 is 34.7 Å². The van der Waals surface area contributed by atoms with Crippen LogP contribution in [0.1, 0.15) is 37.4 Å².